The van der Waals surface area contributed by atoms with E-state index in [2.05, 4.69) is 0 Å². The highest BCUT2D eigenvalue weighted by atomic mass is 32.2. The largest absolute Gasteiger partial charge is 0.496 e. The predicted molar refractivity (Wildman–Crippen MR) is 74.2 cm³/mol. The van der Waals surface area contributed by atoms with Gasteiger partial charge in [-0.2, -0.15) is 5.26 Å². The Labute approximate surface area is 119 Å². The van der Waals surface area contributed by atoms with Crippen molar-refractivity contribution in [2.75, 3.05) is 7.11 Å². The summed E-state index contributed by atoms with van der Waals surface area (Å²) in [5.74, 6) is 0.134. The maximum Gasteiger partial charge on any atom is 0.139 e. The molecule has 0 bridgehead atoms. The van der Waals surface area contributed by atoms with Crippen molar-refractivity contribution in [3.05, 3.63) is 59.4 Å². The Morgan fingerprint density at radius 3 is 2.70 bits per heavy atom. The van der Waals surface area contributed by atoms with Crippen LogP contribution in [-0.2, 0) is 16.6 Å². The molecule has 20 heavy (non-hydrogen) atoms. The van der Waals surface area contributed by atoms with Gasteiger partial charge in [0.1, 0.15) is 11.6 Å². The lowest BCUT2D eigenvalue weighted by Gasteiger charge is -2.09. The molecule has 3 nitrogen and oxygen atoms in total. The third kappa shape index (κ3) is 3.03. The van der Waals surface area contributed by atoms with Crippen LogP contribution in [0.4, 0.5) is 4.39 Å². The molecular formula is C15H12FNO2S. The molecule has 0 saturated heterocycles. The van der Waals surface area contributed by atoms with E-state index in [4.69, 9.17) is 10.00 Å². The second kappa shape index (κ2) is 6.31. The van der Waals surface area contributed by atoms with Crippen molar-refractivity contribution in [3.63, 3.8) is 0 Å². The van der Waals surface area contributed by atoms with Crippen LogP contribution in [0.15, 0.2) is 47.4 Å². The fourth-order valence-corrected chi connectivity index (χ4v) is 2.99. The Hall–Kier alpha value is -2.19. The Kier molecular flexibility index (Phi) is 4.49. The zero-order valence-corrected chi connectivity index (χ0v) is 11.6. The molecule has 0 heterocycles. The predicted octanol–water partition coefficient (Wildman–Crippen LogP) is 3.01. The van der Waals surface area contributed by atoms with Gasteiger partial charge in [0.05, 0.1) is 40.2 Å². The molecule has 0 amide bonds. The van der Waals surface area contributed by atoms with Crippen LogP contribution < -0.4 is 4.74 Å². The zero-order valence-electron chi connectivity index (χ0n) is 10.8. The molecule has 1 unspecified atom stereocenters. The number of nitriles is 1. The van der Waals surface area contributed by atoms with E-state index in [1.165, 1.54) is 19.2 Å². The molecule has 2 aromatic rings. The van der Waals surface area contributed by atoms with Gasteiger partial charge in [-0.05, 0) is 30.3 Å². The van der Waals surface area contributed by atoms with Gasteiger partial charge in [-0.25, -0.2) is 4.39 Å². The number of nitrogens with zero attached hydrogens (tertiary/aromatic N) is 1. The molecule has 0 N–H and O–H groups in total. The molecule has 0 radical (unpaired) electrons. The second-order valence-corrected chi connectivity index (χ2v) is 5.48. The normalized spacial score (nSPS) is 11.7. The molecule has 0 aromatic heterocycles. The smallest absolute Gasteiger partial charge is 0.139 e. The van der Waals surface area contributed by atoms with Gasteiger partial charge in [-0.15, -0.1) is 0 Å². The fraction of sp³-hybridized carbons (Fsp3) is 0.133. The lowest BCUT2D eigenvalue weighted by molar-refractivity contribution is 0.411. The Balaban J connectivity index is 2.32. The highest BCUT2D eigenvalue weighted by Crippen LogP contribution is 2.24. The first-order valence-corrected chi connectivity index (χ1v) is 7.17. The molecule has 5 heteroatoms. The number of benzene rings is 2. The molecule has 0 aliphatic carbocycles. The first-order valence-electron chi connectivity index (χ1n) is 5.85. The Bertz CT molecular complexity index is 695. The van der Waals surface area contributed by atoms with Crippen LogP contribution in [-0.4, -0.2) is 11.3 Å². The number of halogens is 1. The molecule has 2 aromatic carbocycles. The lowest BCUT2D eigenvalue weighted by atomic mass is 10.1. The highest BCUT2D eigenvalue weighted by molar-refractivity contribution is 7.84. The van der Waals surface area contributed by atoms with E-state index < -0.39 is 16.6 Å². The number of hydrogen-bond acceptors (Lipinski definition) is 3. The van der Waals surface area contributed by atoms with Gasteiger partial charge in [-0.3, -0.25) is 4.21 Å². The van der Waals surface area contributed by atoms with E-state index in [1.54, 1.807) is 30.3 Å². The van der Waals surface area contributed by atoms with Gasteiger partial charge in [-0.1, -0.05) is 12.1 Å². The van der Waals surface area contributed by atoms with Gasteiger partial charge in [0.15, 0.2) is 0 Å². The maximum atomic E-state index is 13.6. The first-order chi connectivity index (χ1) is 9.65. The first kappa shape index (κ1) is 14.2. The lowest BCUT2D eigenvalue weighted by Crippen LogP contribution is -2.01. The van der Waals surface area contributed by atoms with E-state index in [-0.39, 0.29) is 10.6 Å². The summed E-state index contributed by atoms with van der Waals surface area (Å²) < 4.78 is 31.0. The van der Waals surface area contributed by atoms with Gasteiger partial charge in [0.2, 0.25) is 0 Å². The van der Waals surface area contributed by atoms with Crippen molar-refractivity contribution < 1.29 is 13.3 Å². The number of rotatable bonds is 4. The topological polar surface area (TPSA) is 50.1 Å². The average Bonchev–Trinajstić information content (AvgIpc) is 2.47. The summed E-state index contributed by atoms with van der Waals surface area (Å²) in [5, 5.41) is 8.89. The summed E-state index contributed by atoms with van der Waals surface area (Å²) >= 11 is 0. The second-order valence-electron chi connectivity index (χ2n) is 4.06. The van der Waals surface area contributed by atoms with E-state index in [0.29, 0.717) is 16.9 Å². The molecule has 0 saturated carbocycles. The minimum absolute atomic E-state index is 0.0969. The van der Waals surface area contributed by atoms with Crippen LogP contribution in [0.3, 0.4) is 0 Å². The van der Waals surface area contributed by atoms with Gasteiger partial charge >= 0.3 is 0 Å². The molecule has 2 rings (SSSR count). The number of ether oxygens (including phenoxy) is 1. The molecule has 0 spiro atoms. The molecule has 0 aliphatic heterocycles. The molecule has 102 valence electrons. The molecule has 1 atom stereocenters. The molecule has 0 aliphatic rings. The maximum absolute atomic E-state index is 13.6. The third-order valence-corrected chi connectivity index (χ3v) is 4.17. The third-order valence-electron chi connectivity index (χ3n) is 2.78. The number of hydrogen-bond donors (Lipinski definition) is 0. The molecule has 0 fully saturated rings. The van der Waals surface area contributed by atoms with Crippen LogP contribution in [0.25, 0.3) is 0 Å². The van der Waals surface area contributed by atoms with Gasteiger partial charge in [0, 0.05) is 5.56 Å². The minimum Gasteiger partial charge on any atom is -0.496 e. The van der Waals surface area contributed by atoms with E-state index >= 15 is 0 Å². The summed E-state index contributed by atoms with van der Waals surface area (Å²) in [6.07, 6.45) is 0. The van der Waals surface area contributed by atoms with Crippen LogP contribution in [0, 0.1) is 17.1 Å². The zero-order chi connectivity index (χ0) is 14.5. The van der Waals surface area contributed by atoms with E-state index in [9.17, 15) is 8.60 Å². The van der Waals surface area contributed by atoms with Crippen LogP contribution in [0.5, 0.6) is 5.75 Å². The van der Waals surface area contributed by atoms with Crippen LogP contribution in [0.1, 0.15) is 11.1 Å². The Morgan fingerprint density at radius 1 is 1.30 bits per heavy atom. The van der Waals surface area contributed by atoms with Crippen molar-refractivity contribution in [2.24, 2.45) is 0 Å². The van der Waals surface area contributed by atoms with Gasteiger partial charge in [0.25, 0.3) is 0 Å². The summed E-state index contributed by atoms with van der Waals surface area (Å²) in [4.78, 5) is 0.150. The van der Waals surface area contributed by atoms with Crippen molar-refractivity contribution in [1.82, 2.24) is 0 Å². The van der Waals surface area contributed by atoms with Gasteiger partial charge < -0.3 is 4.74 Å². The van der Waals surface area contributed by atoms with E-state index in [0.717, 1.165) is 0 Å². The SMILES string of the molecule is COc1ccc(C#N)cc1CS(=O)c1ccccc1F. The minimum atomic E-state index is -1.53. The van der Waals surface area contributed by atoms with Crippen molar-refractivity contribution in [3.8, 4) is 11.8 Å². The monoisotopic (exact) mass is 289 g/mol. The summed E-state index contributed by atoms with van der Waals surface area (Å²) in [5.41, 5.74) is 1.07. The summed E-state index contributed by atoms with van der Waals surface area (Å²) in [6.45, 7) is 0. The van der Waals surface area contributed by atoms with Crippen molar-refractivity contribution in [1.29, 1.82) is 5.26 Å². The van der Waals surface area contributed by atoms with Crippen molar-refractivity contribution in [2.45, 2.75) is 10.6 Å². The number of methoxy groups -OCH3 is 1. The average molecular weight is 289 g/mol. The summed E-state index contributed by atoms with van der Waals surface area (Å²) in [6, 6.07) is 12.8. The summed E-state index contributed by atoms with van der Waals surface area (Å²) in [7, 11) is -0.0356. The molecular weight excluding hydrogens is 277 g/mol. The quantitative estimate of drug-likeness (QED) is 0.869. The highest BCUT2D eigenvalue weighted by Gasteiger charge is 2.13. The van der Waals surface area contributed by atoms with Crippen LogP contribution >= 0.6 is 0 Å². The Morgan fingerprint density at radius 2 is 2.05 bits per heavy atom. The standard InChI is InChI=1S/C15H12FNO2S/c1-19-14-7-6-11(9-17)8-12(14)10-20(18)15-5-3-2-4-13(15)16/h2-8H,10H2,1H3. The van der Waals surface area contributed by atoms with Crippen molar-refractivity contribution >= 4 is 10.8 Å². The fourth-order valence-electron chi connectivity index (χ4n) is 1.81. The van der Waals surface area contributed by atoms with Crippen LogP contribution in [0.2, 0.25) is 0 Å². The van der Waals surface area contributed by atoms with E-state index in [1.807, 2.05) is 6.07 Å².